The fraction of sp³-hybridized carbons (Fsp3) is 0.259. The fourth-order valence-electron chi connectivity index (χ4n) is 3.78. The summed E-state index contributed by atoms with van der Waals surface area (Å²) in [5.41, 5.74) is 3.32. The standard InChI is InChI=1S/C23H27N3O2.C4H4O4/c1-23(2,12-16-13-25-20-7-4-3-6-18(16)20)26-14-17(27)15-28-22-9-5-8-21-19(22)10-11-24-21;5-3(6)1-2-4(7)8/h3-11,13,17,24-27H,12,14-15H2,1-2H3;1-2H,(H,5,6)(H,7,8)/b;2-1+. The van der Waals surface area contributed by atoms with Gasteiger partial charge in [0, 0.05) is 58.4 Å². The number of hydrogen-bond donors (Lipinski definition) is 6. The van der Waals surface area contributed by atoms with Gasteiger partial charge in [-0.2, -0.15) is 0 Å². The summed E-state index contributed by atoms with van der Waals surface area (Å²) in [6.07, 6.45) is 5.36. The van der Waals surface area contributed by atoms with Crippen LogP contribution in [0.5, 0.6) is 5.75 Å². The molecular weight excluding hydrogens is 462 g/mol. The molecule has 9 heteroatoms. The number of aliphatic hydroxyl groups is 1. The molecule has 2 heterocycles. The van der Waals surface area contributed by atoms with E-state index in [4.69, 9.17) is 14.9 Å². The molecule has 0 amide bonds. The largest absolute Gasteiger partial charge is 0.490 e. The number of rotatable bonds is 10. The van der Waals surface area contributed by atoms with Gasteiger partial charge < -0.3 is 35.3 Å². The summed E-state index contributed by atoms with van der Waals surface area (Å²) in [6.45, 7) is 5.03. The molecule has 9 nitrogen and oxygen atoms in total. The molecule has 0 saturated carbocycles. The van der Waals surface area contributed by atoms with Crippen molar-refractivity contribution in [1.29, 1.82) is 0 Å². The van der Waals surface area contributed by atoms with Gasteiger partial charge in [-0.25, -0.2) is 9.59 Å². The quantitative estimate of drug-likeness (QED) is 0.185. The molecule has 0 aliphatic rings. The van der Waals surface area contributed by atoms with Gasteiger partial charge in [0.15, 0.2) is 0 Å². The third kappa shape index (κ3) is 7.72. The molecule has 0 aliphatic heterocycles. The molecule has 0 aliphatic carbocycles. The van der Waals surface area contributed by atoms with Gasteiger partial charge in [-0.05, 0) is 50.1 Å². The number of nitrogens with one attached hydrogen (secondary N) is 3. The van der Waals surface area contributed by atoms with Crippen LogP contribution in [-0.4, -0.2) is 62.0 Å². The average Bonchev–Trinajstić information content (AvgIpc) is 3.48. The molecule has 2 aromatic heterocycles. The van der Waals surface area contributed by atoms with Gasteiger partial charge in [0.25, 0.3) is 0 Å². The highest BCUT2D eigenvalue weighted by atomic mass is 16.5. The van der Waals surface area contributed by atoms with E-state index >= 15 is 0 Å². The highest BCUT2D eigenvalue weighted by Crippen LogP contribution is 2.25. The fourth-order valence-corrected chi connectivity index (χ4v) is 3.78. The van der Waals surface area contributed by atoms with Crippen LogP contribution in [0.1, 0.15) is 19.4 Å². The number of para-hydroxylation sites is 1. The van der Waals surface area contributed by atoms with Gasteiger partial charge in [-0.3, -0.25) is 0 Å². The van der Waals surface area contributed by atoms with Crippen LogP contribution in [0.2, 0.25) is 0 Å². The monoisotopic (exact) mass is 493 g/mol. The van der Waals surface area contributed by atoms with E-state index in [1.165, 1.54) is 10.9 Å². The number of aliphatic carboxylic acids is 2. The minimum atomic E-state index is -1.26. The Kier molecular flexibility index (Phi) is 8.88. The minimum Gasteiger partial charge on any atom is -0.490 e. The van der Waals surface area contributed by atoms with E-state index in [1.807, 2.05) is 36.5 Å². The first kappa shape index (κ1) is 26.5. The molecule has 0 saturated heterocycles. The van der Waals surface area contributed by atoms with Crippen molar-refractivity contribution in [2.24, 2.45) is 0 Å². The number of benzene rings is 2. The first-order valence-electron chi connectivity index (χ1n) is 11.5. The van der Waals surface area contributed by atoms with Crippen LogP contribution in [0.3, 0.4) is 0 Å². The third-order valence-corrected chi connectivity index (χ3v) is 5.48. The van der Waals surface area contributed by atoms with E-state index in [2.05, 4.69) is 53.5 Å². The SMILES string of the molecule is CC(C)(Cc1c[nH]c2ccccc12)NCC(O)COc1cccc2[nH]ccc12.O=C(O)/C=C/C(=O)O. The number of carbonyl (C=O) groups is 2. The second kappa shape index (κ2) is 12.1. The number of H-pyrrole nitrogens is 2. The van der Waals surface area contributed by atoms with Crippen molar-refractivity contribution < 1.29 is 29.6 Å². The predicted molar refractivity (Wildman–Crippen MR) is 138 cm³/mol. The lowest BCUT2D eigenvalue weighted by atomic mass is 9.94. The molecule has 4 rings (SSSR count). The van der Waals surface area contributed by atoms with Crippen LogP contribution in [0.15, 0.2) is 73.1 Å². The maximum absolute atomic E-state index is 10.4. The van der Waals surface area contributed by atoms with Gasteiger partial charge in [0.1, 0.15) is 18.5 Å². The van der Waals surface area contributed by atoms with Crippen LogP contribution in [0.4, 0.5) is 0 Å². The molecular formula is C27H31N3O6. The Morgan fingerprint density at radius 2 is 1.64 bits per heavy atom. The summed E-state index contributed by atoms with van der Waals surface area (Å²) in [7, 11) is 0. The molecule has 36 heavy (non-hydrogen) atoms. The van der Waals surface area contributed by atoms with Gasteiger partial charge in [-0.15, -0.1) is 0 Å². The van der Waals surface area contributed by atoms with Crippen molar-refractivity contribution in [3.05, 3.63) is 78.6 Å². The van der Waals surface area contributed by atoms with Crippen LogP contribution >= 0.6 is 0 Å². The molecule has 1 unspecified atom stereocenters. The van der Waals surface area contributed by atoms with Crippen molar-refractivity contribution in [2.45, 2.75) is 31.9 Å². The summed E-state index contributed by atoms with van der Waals surface area (Å²) in [6, 6.07) is 16.2. The zero-order valence-corrected chi connectivity index (χ0v) is 20.2. The molecule has 6 N–H and O–H groups in total. The number of carboxylic acid groups (broad SMARTS) is 2. The average molecular weight is 494 g/mol. The lowest BCUT2D eigenvalue weighted by molar-refractivity contribution is -0.134. The normalized spacial score (nSPS) is 12.4. The second-order valence-electron chi connectivity index (χ2n) is 8.97. The summed E-state index contributed by atoms with van der Waals surface area (Å²) >= 11 is 0. The third-order valence-electron chi connectivity index (χ3n) is 5.48. The van der Waals surface area contributed by atoms with Crippen LogP contribution in [-0.2, 0) is 16.0 Å². The predicted octanol–water partition coefficient (Wildman–Crippen LogP) is 3.71. The van der Waals surface area contributed by atoms with E-state index in [-0.39, 0.29) is 12.1 Å². The maximum Gasteiger partial charge on any atom is 0.328 e. The van der Waals surface area contributed by atoms with E-state index in [0.29, 0.717) is 18.7 Å². The molecule has 0 radical (unpaired) electrons. The van der Waals surface area contributed by atoms with E-state index < -0.39 is 18.0 Å². The summed E-state index contributed by atoms with van der Waals surface area (Å²) in [5, 5.41) is 31.8. The molecule has 0 bridgehead atoms. The first-order valence-corrected chi connectivity index (χ1v) is 11.5. The van der Waals surface area contributed by atoms with Gasteiger partial charge in [-0.1, -0.05) is 24.3 Å². The van der Waals surface area contributed by atoms with Crippen molar-refractivity contribution in [1.82, 2.24) is 15.3 Å². The molecule has 0 fully saturated rings. The van der Waals surface area contributed by atoms with Crippen LogP contribution in [0.25, 0.3) is 21.8 Å². The number of carboxylic acids is 2. The Labute approximate surface area is 208 Å². The van der Waals surface area contributed by atoms with Gasteiger partial charge >= 0.3 is 11.9 Å². The molecule has 0 spiro atoms. The lowest BCUT2D eigenvalue weighted by Gasteiger charge is -2.28. The van der Waals surface area contributed by atoms with Crippen LogP contribution in [0, 0.1) is 0 Å². The summed E-state index contributed by atoms with van der Waals surface area (Å²) < 4.78 is 5.85. The van der Waals surface area contributed by atoms with Crippen molar-refractivity contribution in [2.75, 3.05) is 13.2 Å². The van der Waals surface area contributed by atoms with E-state index in [0.717, 1.165) is 28.6 Å². The smallest absolute Gasteiger partial charge is 0.328 e. The van der Waals surface area contributed by atoms with Gasteiger partial charge in [0.05, 0.1) is 0 Å². The minimum absolute atomic E-state index is 0.146. The number of aromatic amines is 2. The number of aromatic nitrogens is 2. The Balaban J connectivity index is 0.000000392. The topological polar surface area (TPSA) is 148 Å². The maximum atomic E-state index is 10.4. The number of aliphatic hydroxyl groups excluding tert-OH is 1. The Bertz CT molecular complexity index is 1320. The second-order valence-corrected chi connectivity index (χ2v) is 8.97. The van der Waals surface area contributed by atoms with Gasteiger partial charge in [0.2, 0.25) is 0 Å². The van der Waals surface area contributed by atoms with Crippen molar-refractivity contribution >= 4 is 33.7 Å². The zero-order chi connectivity index (χ0) is 26.1. The summed E-state index contributed by atoms with van der Waals surface area (Å²) in [4.78, 5) is 25.6. The number of β-amino-alcohol motifs (C(OH)–C–C–N with tert-alkyl or cyclic N) is 1. The molecule has 190 valence electrons. The molecule has 2 aromatic carbocycles. The summed E-state index contributed by atoms with van der Waals surface area (Å²) in [5.74, 6) is -1.73. The highest BCUT2D eigenvalue weighted by molar-refractivity contribution is 5.89. The number of hydrogen-bond acceptors (Lipinski definition) is 5. The first-order chi connectivity index (χ1) is 17.1. The number of fused-ring (bicyclic) bond motifs is 2. The number of ether oxygens (including phenoxy) is 1. The molecule has 4 aromatic rings. The highest BCUT2D eigenvalue weighted by Gasteiger charge is 2.21. The Hall–Kier alpha value is -4.08. The van der Waals surface area contributed by atoms with E-state index in [9.17, 15) is 14.7 Å². The van der Waals surface area contributed by atoms with Crippen molar-refractivity contribution in [3.8, 4) is 5.75 Å². The molecule has 1 atom stereocenters. The lowest BCUT2D eigenvalue weighted by Crippen LogP contribution is -2.46. The Morgan fingerprint density at radius 1 is 0.972 bits per heavy atom. The Morgan fingerprint density at radius 3 is 2.36 bits per heavy atom. The zero-order valence-electron chi connectivity index (χ0n) is 20.2. The van der Waals surface area contributed by atoms with Crippen molar-refractivity contribution in [3.63, 3.8) is 0 Å². The van der Waals surface area contributed by atoms with Crippen LogP contribution < -0.4 is 10.1 Å². The van der Waals surface area contributed by atoms with E-state index in [1.54, 1.807) is 0 Å².